The molecule has 3 nitrogen and oxygen atoms in total. The molecule has 0 bridgehead atoms. The molecule has 2 N–H and O–H groups in total. The Labute approximate surface area is 71.0 Å². The molecular formula is C9H11NO2. The van der Waals surface area contributed by atoms with Crippen LogP contribution in [0.4, 0.5) is 0 Å². The van der Waals surface area contributed by atoms with Crippen molar-refractivity contribution in [3.63, 3.8) is 0 Å². The number of hydrogen-bond acceptors (Lipinski definition) is 2. The SMILES string of the molecule is O=CNC(O)Cc1ccccc1. The van der Waals surface area contributed by atoms with Crippen LogP contribution in [0.3, 0.4) is 0 Å². The highest BCUT2D eigenvalue weighted by Gasteiger charge is 2.01. The summed E-state index contributed by atoms with van der Waals surface area (Å²) < 4.78 is 0. The lowest BCUT2D eigenvalue weighted by Crippen LogP contribution is -2.29. The van der Waals surface area contributed by atoms with Gasteiger partial charge in [0.2, 0.25) is 6.41 Å². The molecule has 0 aliphatic rings. The number of benzene rings is 1. The van der Waals surface area contributed by atoms with Gasteiger partial charge in [0.25, 0.3) is 0 Å². The van der Waals surface area contributed by atoms with Crippen LogP contribution < -0.4 is 5.32 Å². The molecule has 12 heavy (non-hydrogen) atoms. The Kier molecular flexibility index (Phi) is 3.29. The topological polar surface area (TPSA) is 49.3 Å². The first-order valence-corrected chi connectivity index (χ1v) is 3.74. The summed E-state index contributed by atoms with van der Waals surface area (Å²) in [7, 11) is 0. The first kappa shape index (κ1) is 8.74. The third-order valence-electron chi connectivity index (χ3n) is 1.53. The van der Waals surface area contributed by atoms with E-state index >= 15 is 0 Å². The predicted octanol–water partition coefficient (Wildman–Crippen LogP) is 0.293. The Bertz CT molecular complexity index is 236. The second kappa shape index (κ2) is 4.51. The van der Waals surface area contributed by atoms with Gasteiger partial charge in [-0.25, -0.2) is 0 Å². The van der Waals surface area contributed by atoms with E-state index in [1.807, 2.05) is 30.3 Å². The molecule has 1 unspecified atom stereocenters. The number of carbonyl (C=O) groups is 1. The van der Waals surface area contributed by atoms with Gasteiger partial charge in [-0.1, -0.05) is 30.3 Å². The van der Waals surface area contributed by atoms with Crippen LogP contribution in [-0.4, -0.2) is 17.7 Å². The summed E-state index contributed by atoms with van der Waals surface area (Å²) in [5.41, 5.74) is 0.999. The van der Waals surface area contributed by atoms with Crippen LogP contribution >= 0.6 is 0 Å². The monoisotopic (exact) mass is 165 g/mol. The Balaban J connectivity index is 2.46. The fourth-order valence-corrected chi connectivity index (χ4v) is 0.975. The molecule has 1 rings (SSSR count). The molecule has 1 amide bonds. The van der Waals surface area contributed by atoms with Crippen LogP contribution in [0.1, 0.15) is 5.56 Å². The Morgan fingerprint density at radius 1 is 1.42 bits per heavy atom. The maximum absolute atomic E-state index is 9.93. The smallest absolute Gasteiger partial charge is 0.209 e. The molecule has 0 fully saturated rings. The van der Waals surface area contributed by atoms with Gasteiger partial charge in [0.15, 0.2) is 0 Å². The van der Waals surface area contributed by atoms with Crippen LogP contribution in [0.2, 0.25) is 0 Å². The number of amides is 1. The number of aliphatic hydroxyl groups excluding tert-OH is 1. The van der Waals surface area contributed by atoms with Crippen molar-refractivity contribution in [1.29, 1.82) is 0 Å². The Hall–Kier alpha value is -1.35. The predicted molar refractivity (Wildman–Crippen MR) is 45.4 cm³/mol. The maximum Gasteiger partial charge on any atom is 0.209 e. The molecule has 0 spiro atoms. The highest BCUT2D eigenvalue weighted by atomic mass is 16.3. The second-order valence-electron chi connectivity index (χ2n) is 2.49. The van der Waals surface area contributed by atoms with E-state index in [2.05, 4.69) is 5.32 Å². The summed E-state index contributed by atoms with van der Waals surface area (Å²) in [6.07, 6.45) is 0.151. The molecule has 64 valence electrons. The normalized spacial score (nSPS) is 12.1. The van der Waals surface area contributed by atoms with Crippen molar-refractivity contribution in [2.75, 3.05) is 0 Å². The molecule has 3 heteroatoms. The zero-order valence-electron chi connectivity index (χ0n) is 6.60. The average Bonchev–Trinajstić information content (AvgIpc) is 2.06. The van der Waals surface area contributed by atoms with E-state index in [1.165, 1.54) is 0 Å². The van der Waals surface area contributed by atoms with E-state index in [0.29, 0.717) is 12.8 Å². The number of hydrogen-bond donors (Lipinski definition) is 2. The fraction of sp³-hybridized carbons (Fsp3) is 0.222. The molecule has 0 saturated heterocycles. The fourth-order valence-electron chi connectivity index (χ4n) is 0.975. The number of aliphatic hydroxyl groups is 1. The van der Waals surface area contributed by atoms with Gasteiger partial charge in [0.05, 0.1) is 0 Å². The van der Waals surface area contributed by atoms with E-state index in [-0.39, 0.29) is 0 Å². The number of nitrogens with one attached hydrogen (secondary N) is 1. The zero-order valence-corrected chi connectivity index (χ0v) is 6.60. The largest absolute Gasteiger partial charge is 0.373 e. The van der Waals surface area contributed by atoms with Crippen molar-refractivity contribution in [2.24, 2.45) is 0 Å². The summed E-state index contributed by atoms with van der Waals surface area (Å²) in [6.45, 7) is 0. The highest BCUT2D eigenvalue weighted by Crippen LogP contribution is 2.00. The lowest BCUT2D eigenvalue weighted by molar-refractivity contribution is -0.112. The molecule has 0 heterocycles. The Morgan fingerprint density at radius 3 is 2.67 bits per heavy atom. The van der Waals surface area contributed by atoms with Crippen molar-refractivity contribution >= 4 is 6.41 Å². The lowest BCUT2D eigenvalue weighted by atomic mass is 10.1. The van der Waals surface area contributed by atoms with Gasteiger partial charge < -0.3 is 10.4 Å². The van der Waals surface area contributed by atoms with Crippen LogP contribution in [0.25, 0.3) is 0 Å². The second-order valence-corrected chi connectivity index (χ2v) is 2.49. The third-order valence-corrected chi connectivity index (χ3v) is 1.53. The first-order valence-electron chi connectivity index (χ1n) is 3.74. The van der Waals surface area contributed by atoms with Gasteiger partial charge in [0.1, 0.15) is 6.23 Å². The van der Waals surface area contributed by atoms with E-state index in [9.17, 15) is 4.79 Å². The Morgan fingerprint density at radius 2 is 2.08 bits per heavy atom. The van der Waals surface area contributed by atoms with Gasteiger partial charge in [-0.15, -0.1) is 0 Å². The molecule has 1 aromatic rings. The van der Waals surface area contributed by atoms with Crippen LogP contribution in [0, 0.1) is 0 Å². The van der Waals surface area contributed by atoms with E-state index < -0.39 is 6.23 Å². The molecular weight excluding hydrogens is 154 g/mol. The van der Waals surface area contributed by atoms with Crippen molar-refractivity contribution in [3.05, 3.63) is 35.9 Å². The molecule has 0 radical (unpaired) electrons. The average molecular weight is 165 g/mol. The van der Waals surface area contributed by atoms with Gasteiger partial charge in [0, 0.05) is 6.42 Å². The minimum Gasteiger partial charge on any atom is -0.373 e. The third kappa shape index (κ3) is 2.72. The molecule has 0 aliphatic carbocycles. The standard InChI is InChI=1S/C9H11NO2/c11-7-10-9(12)6-8-4-2-1-3-5-8/h1-5,7,9,12H,6H2,(H,10,11). The van der Waals surface area contributed by atoms with Gasteiger partial charge in [-0.3, -0.25) is 4.79 Å². The minimum absolute atomic E-state index is 0.444. The van der Waals surface area contributed by atoms with Crippen molar-refractivity contribution in [2.45, 2.75) is 12.6 Å². The van der Waals surface area contributed by atoms with Crippen LogP contribution in [-0.2, 0) is 11.2 Å². The van der Waals surface area contributed by atoms with Crippen molar-refractivity contribution in [3.8, 4) is 0 Å². The van der Waals surface area contributed by atoms with Crippen LogP contribution in [0.15, 0.2) is 30.3 Å². The van der Waals surface area contributed by atoms with E-state index in [0.717, 1.165) is 5.56 Å². The summed E-state index contributed by atoms with van der Waals surface area (Å²) in [6, 6.07) is 9.49. The highest BCUT2D eigenvalue weighted by molar-refractivity contribution is 5.46. The van der Waals surface area contributed by atoms with E-state index in [1.54, 1.807) is 0 Å². The van der Waals surface area contributed by atoms with Crippen molar-refractivity contribution < 1.29 is 9.90 Å². The van der Waals surface area contributed by atoms with Gasteiger partial charge in [-0.2, -0.15) is 0 Å². The number of carbonyl (C=O) groups excluding carboxylic acids is 1. The van der Waals surface area contributed by atoms with Crippen LogP contribution in [0.5, 0.6) is 0 Å². The van der Waals surface area contributed by atoms with Gasteiger partial charge >= 0.3 is 0 Å². The summed E-state index contributed by atoms with van der Waals surface area (Å²) in [5.74, 6) is 0. The quantitative estimate of drug-likeness (QED) is 0.497. The first-order chi connectivity index (χ1) is 5.83. The lowest BCUT2D eigenvalue weighted by Gasteiger charge is -2.07. The van der Waals surface area contributed by atoms with Gasteiger partial charge in [-0.05, 0) is 5.56 Å². The number of rotatable bonds is 4. The molecule has 1 aromatic carbocycles. The minimum atomic E-state index is -0.787. The molecule has 0 saturated carbocycles. The summed E-state index contributed by atoms with van der Waals surface area (Å²) in [4.78, 5) is 9.93. The summed E-state index contributed by atoms with van der Waals surface area (Å²) >= 11 is 0. The molecule has 0 aromatic heterocycles. The maximum atomic E-state index is 9.93. The summed E-state index contributed by atoms with van der Waals surface area (Å²) in [5, 5.41) is 11.4. The van der Waals surface area contributed by atoms with Crippen molar-refractivity contribution in [1.82, 2.24) is 5.32 Å². The molecule has 1 atom stereocenters. The molecule has 0 aliphatic heterocycles. The zero-order chi connectivity index (χ0) is 8.81. The van der Waals surface area contributed by atoms with E-state index in [4.69, 9.17) is 5.11 Å².